The van der Waals surface area contributed by atoms with Crippen molar-refractivity contribution in [3.05, 3.63) is 39.9 Å². The van der Waals surface area contributed by atoms with Crippen molar-refractivity contribution >= 4 is 21.7 Å². The van der Waals surface area contributed by atoms with Gasteiger partial charge in [0.2, 0.25) is 0 Å². The molecule has 3 heteroatoms. The number of hydrogen-bond acceptors (Lipinski definition) is 2. The van der Waals surface area contributed by atoms with E-state index >= 15 is 0 Å². The van der Waals surface area contributed by atoms with Gasteiger partial charge < -0.3 is 4.74 Å². The van der Waals surface area contributed by atoms with Crippen LogP contribution in [0.1, 0.15) is 24.8 Å². The Bertz CT molecular complexity index is 463. The minimum absolute atomic E-state index is 0.343. The zero-order valence-corrected chi connectivity index (χ0v) is 11.4. The molecular formula is C14H15BrO2. The van der Waals surface area contributed by atoms with E-state index < -0.39 is 0 Å². The quantitative estimate of drug-likeness (QED) is 0.795. The second-order valence-corrected chi connectivity index (χ2v) is 5.15. The molecule has 0 N–H and O–H groups in total. The van der Waals surface area contributed by atoms with Crippen molar-refractivity contribution in [1.82, 2.24) is 0 Å². The van der Waals surface area contributed by atoms with E-state index in [1.807, 2.05) is 12.1 Å². The first kappa shape index (κ1) is 12.4. The highest BCUT2D eigenvalue weighted by molar-refractivity contribution is 9.10. The van der Waals surface area contributed by atoms with Crippen LogP contribution in [0.15, 0.2) is 34.3 Å². The Hall–Kier alpha value is -1.09. The summed E-state index contributed by atoms with van der Waals surface area (Å²) in [5.41, 5.74) is 2.50. The molecule has 0 amide bonds. The van der Waals surface area contributed by atoms with Gasteiger partial charge in [0.05, 0.1) is 7.11 Å². The highest BCUT2D eigenvalue weighted by Gasteiger charge is 2.12. The summed E-state index contributed by atoms with van der Waals surface area (Å²) in [5.74, 6) is 1.25. The van der Waals surface area contributed by atoms with E-state index in [9.17, 15) is 4.79 Å². The van der Waals surface area contributed by atoms with Gasteiger partial charge in [0.1, 0.15) is 11.5 Å². The molecule has 0 bridgehead atoms. The maximum atomic E-state index is 11.2. The average Bonchev–Trinajstić information content (AvgIpc) is 2.32. The summed E-state index contributed by atoms with van der Waals surface area (Å²) in [4.78, 5) is 11.2. The Morgan fingerprint density at radius 2 is 2.18 bits per heavy atom. The molecule has 90 valence electrons. The smallest absolute Gasteiger partial charge is 0.136 e. The third-order valence-corrected chi connectivity index (χ3v) is 3.50. The maximum absolute atomic E-state index is 11.2. The Morgan fingerprint density at radius 1 is 1.35 bits per heavy atom. The summed E-state index contributed by atoms with van der Waals surface area (Å²) in [7, 11) is 1.69. The molecule has 1 aromatic carbocycles. The standard InChI is InChI=1S/C14H15BrO2/c1-17-14-7-4-12(15)9-11(14)8-10-2-5-13(16)6-3-10/h2,4,7,9H,3,5-6,8H2,1H3. The van der Waals surface area contributed by atoms with Gasteiger partial charge in [0.15, 0.2) is 0 Å². The zero-order valence-electron chi connectivity index (χ0n) is 9.83. The first-order valence-electron chi connectivity index (χ1n) is 5.71. The van der Waals surface area contributed by atoms with Crippen LogP contribution in [0.25, 0.3) is 0 Å². The molecule has 0 aliphatic heterocycles. The number of rotatable bonds is 3. The lowest BCUT2D eigenvalue weighted by molar-refractivity contribution is -0.118. The molecule has 0 radical (unpaired) electrons. The first-order valence-corrected chi connectivity index (χ1v) is 6.50. The fourth-order valence-corrected chi connectivity index (χ4v) is 2.46. The summed E-state index contributed by atoms with van der Waals surface area (Å²) in [6.45, 7) is 0. The second kappa shape index (κ2) is 5.50. The lowest BCUT2D eigenvalue weighted by Gasteiger charge is -2.14. The van der Waals surface area contributed by atoms with E-state index in [0.717, 1.165) is 23.1 Å². The third kappa shape index (κ3) is 3.19. The van der Waals surface area contributed by atoms with Crippen molar-refractivity contribution in [2.75, 3.05) is 7.11 Å². The SMILES string of the molecule is COc1ccc(Br)cc1CC1=CCC(=O)CC1. The van der Waals surface area contributed by atoms with Crippen LogP contribution in [0.3, 0.4) is 0 Å². The zero-order chi connectivity index (χ0) is 12.3. The fraction of sp³-hybridized carbons (Fsp3) is 0.357. The van der Waals surface area contributed by atoms with Crippen LogP contribution in [0.4, 0.5) is 0 Å². The van der Waals surface area contributed by atoms with Crippen LogP contribution in [0.2, 0.25) is 0 Å². The molecule has 1 aliphatic carbocycles. The predicted octanol–water partition coefficient (Wildman–Crippen LogP) is 3.68. The van der Waals surface area contributed by atoms with Crippen molar-refractivity contribution in [2.24, 2.45) is 0 Å². The highest BCUT2D eigenvalue weighted by atomic mass is 79.9. The molecule has 0 heterocycles. The molecule has 1 aliphatic rings. The largest absolute Gasteiger partial charge is 0.496 e. The lowest BCUT2D eigenvalue weighted by atomic mass is 9.93. The molecule has 0 unspecified atom stereocenters. The van der Waals surface area contributed by atoms with Gasteiger partial charge in [-0.2, -0.15) is 0 Å². The van der Waals surface area contributed by atoms with Crippen molar-refractivity contribution < 1.29 is 9.53 Å². The van der Waals surface area contributed by atoms with Crippen molar-refractivity contribution in [3.8, 4) is 5.75 Å². The minimum Gasteiger partial charge on any atom is -0.496 e. The van der Waals surface area contributed by atoms with E-state index in [1.54, 1.807) is 7.11 Å². The van der Waals surface area contributed by atoms with Gasteiger partial charge in [-0.1, -0.05) is 27.6 Å². The number of ether oxygens (including phenoxy) is 1. The van der Waals surface area contributed by atoms with E-state index in [2.05, 4.69) is 28.1 Å². The number of hydrogen-bond donors (Lipinski definition) is 0. The number of halogens is 1. The van der Waals surface area contributed by atoms with E-state index in [4.69, 9.17) is 4.74 Å². The van der Waals surface area contributed by atoms with Crippen LogP contribution in [-0.4, -0.2) is 12.9 Å². The molecule has 0 aromatic heterocycles. The molecule has 0 fully saturated rings. The fourth-order valence-electron chi connectivity index (χ4n) is 2.05. The van der Waals surface area contributed by atoms with Gasteiger partial charge in [-0.05, 0) is 36.6 Å². The molecule has 0 saturated heterocycles. The number of carbonyl (C=O) groups is 1. The van der Waals surface area contributed by atoms with Gasteiger partial charge in [0, 0.05) is 17.3 Å². The van der Waals surface area contributed by atoms with Crippen molar-refractivity contribution in [3.63, 3.8) is 0 Å². The Balaban J connectivity index is 2.18. The summed E-state index contributed by atoms with van der Waals surface area (Å²) in [6, 6.07) is 6.02. The van der Waals surface area contributed by atoms with E-state index in [1.165, 1.54) is 11.1 Å². The third-order valence-electron chi connectivity index (χ3n) is 3.00. The van der Waals surface area contributed by atoms with Crippen molar-refractivity contribution in [2.45, 2.75) is 25.7 Å². The van der Waals surface area contributed by atoms with Gasteiger partial charge in [-0.15, -0.1) is 0 Å². The molecule has 0 saturated carbocycles. The number of Topliss-reactive ketones (excluding diaryl/α,β-unsaturated/α-hetero) is 1. The maximum Gasteiger partial charge on any atom is 0.136 e. The van der Waals surface area contributed by atoms with Crippen molar-refractivity contribution in [1.29, 1.82) is 0 Å². The Labute approximate surface area is 110 Å². The first-order chi connectivity index (χ1) is 8.19. The number of ketones is 1. The van der Waals surface area contributed by atoms with Gasteiger partial charge >= 0.3 is 0 Å². The molecule has 0 atom stereocenters. The molecule has 2 nitrogen and oxygen atoms in total. The van der Waals surface area contributed by atoms with Crippen LogP contribution in [0.5, 0.6) is 5.75 Å². The molecule has 1 aromatic rings. The predicted molar refractivity (Wildman–Crippen MR) is 71.3 cm³/mol. The normalized spacial score (nSPS) is 15.6. The summed E-state index contributed by atoms with van der Waals surface area (Å²) in [6.07, 6.45) is 5.09. The summed E-state index contributed by atoms with van der Waals surface area (Å²) >= 11 is 3.47. The summed E-state index contributed by atoms with van der Waals surface area (Å²) < 4.78 is 6.40. The van der Waals surface area contributed by atoms with Crippen LogP contribution in [0, 0.1) is 0 Å². The van der Waals surface area contributed by atoms with Crippen LogP contribution >= 0.6 is 15.9 Å². The van der Waals surface area contributed by atoms with Crippen LogP contribution < -0.4 is 4.74 Å². The van der Waals surface area contributed by atoms with Crippen LogP contribution in [-0.2, 0) is 11.2 Å². The molecule has 2 rings (SSSR count). The summed E-state index contributed by atoms with van der Waals surface area (Å²) in [5, 5.41) is 0. The Kier molecular flexibility index (Phi) is 4.00. The van der Waals surface area contributed by atoms with Gasteiger partial charge in [-0.3, -0.25) is 4.79 Å². The number of benzene rings is 1. The van der Waals surface area contributed by atoms with E-state index in [-0.39, 0.29) is 0 Å². The monoisotopic (exact) mass is 294 g/mol. The number of carbonyl (C=O) groups excluding carboxylic acids is 1. The topological polar surface area (TPSA) is 26.3 Å². The van der Waals surface area contributed by atoms with Gasteiger partial charge in [0.25, 0.3) is 0 Å². The molecular weight excluding hydrogens is 280 g/mol. The second-order valence-electron chi connectivity index (χ2n) is 4.24. The highest BCUT2D eigenvalue weighted by Crippen LogP contribution is 2.27. The number of allylic oxidation sites excluding steroid dienone is 2. The minimum atomic E-state index is 0.343. The Morgan fingerprint density at radius 3 is 2.82 bits per heavy atom. The molecule has 0 spiro atoms. The lowest BCUT2D eigenvalue weighted by Crippen LogP contribution is -2.05. The average molecular weight is 295 g/mol. The van der Waals surface area contributed by atoms with E-state index in [0.29, 0.717) is 18.6 Å². The van der Waals surface area contributed by atoms with Gasteiger partial charge in [-0.25, -0.2) is 0 Å². The molecule has 17 heavy (non-hydrogen) atoms. The number of methoxy groups -OCH3 is 1.